The van der Waals surface area contributed by atoms with Gasteiger partial charge in [-0.2, -0.15) is 0 Å². The van der Waals surface area contributed by atoms with E-state index in [4.69, 9.17) is 21.1 Å². The summed E-state index contributed by atoms with van der Waals surface area (Å²) in [5.41, 5.74) is 1.96. The van der Waals surface area contributed by atoms with Crippen molar-refractivity contribution in [3.63, 3.8) is 0 Å². The van der Waals surface area contributed by atoms with Gasteiger partial charge in [0.2, 0.25) is 12.7 Å². The van der Waals surface area contributed by atoms with Gasteiger partial charge >= 0.3 is 0 Å². The van der Waals surface area contributed by atoms with E-state index in [0.717, 1.165) is 81.1 Å². The number of amides is 1. The number of nitrogens with one attached hydrogen (secondary N) is 1. The van der Waals surface area contributed by atoms with Crippen LogP contribution < -0.4 is 19.7 Å². The van der Waals surface area contributed by atoms with Crippen LogP contribution in [0.4, 0.5) is 5.69 Å². The molecule has 0 aliphatic carbocycles. The molecular weight excluding hydrogens is 540 g/mol. The lowest BCUT2D eigenvalue weighted by atomic mass is 9.89. The van der Waals surface area contributed by atoms with Crippen LogP contribution in [0.25, 0.3) is 0 Å². The van der Waals surface area contributed by atoms with Gasteiger partial charge in [0.05, 0.1) is 16.3 Å². The number of hydrogen-bond acceptors (Lipinski definition) is 9. The monoisotopic (exact) mass is 574 g/mol. The fraction of sp³-hybridized carbons (Fsp3) is 0.464. The number of anilines is 1. The number of thioether (sulfide) groups is 1. The number of rotatable bonds is 5. The van der Waals surface area contributed by atoms with Gasteiger partial charge in [0.15, 0.2) is 11.5 Å². The van der Waals surface area contributed by atoms with E-state index in [-0.39, 0.29) is 11.4 Å². The molecule has 0 bridgehead atoms. The highest BCUT2D eigenvalue weighted by Crippen LogP contribution is 2.35. The number of halogens is 1. The first-order valence-electron chi connectivity index (χ1n) is 12.9. The van der Waals surface area contributed by atoms with Crippen molar-refractivity contribution in [2.75, 3.05) is 70.8 Å². The zero-order valence-electron chi connectivity index (χ0n) is 22.4. The second kappa shape index (κ2) is 13.5. The molecular formula is C28H35ClN4O5S. The van der Waals surface area contributed by atoms with Gasteiger partial charge in [-0.05, 0) is 44.8 Å². The molecule has 39 heavy (non-hydrogen) atoms. The third-order valence-electron chi connectivity index (χ3n) is 7.00. The van der Waals surface area contributed by atoms with Crippen LogP contribution in [0.1, 0.15) is 23.2 Å². The van der Waals surface area contributed by atoms with Crippen LogP contribution in [-0.4, -0.2) is 99.7 Å². The summed E-state index contributed by atoms with van der Waals surface area (Å²) in [6.45, 7) is 6.83. The smallest absolute Gasteiger partial charge is 0.231 e. The van der Waals surface area contributed by atoms with Gasteiger partial charge < -0.3 is 34.3 Å². The number of fused-ring (bicyclic) bond motifs is 1. The summed E-state index contributed by atoms with van der Waals surface area (Å²) in [6.07, 6.45) is 3.32. The van der Waals surface area contributed by atoms with Gasteiger partial charge in [-0.25, -0.2) is 0 Å². The molecule has 1 N–H and O–H groups in total. The highest BCUT2D eigenvalue weighted by molar-refractivity contribution is 8.00. The van der Waals surface area contributed by atoms with Gasteiger partial charge in [-0.1, -0.05) is 17.7 Å². The maximum Gasteiger partial charge on any atom is 0.231 e. The first-order chi connectivity index (χ1) is 18.8. The van der Waals surface area contributed by atoms with Crippen LogP contribution in [0.15, 0.2) is 41.3 Å². The molecule has 4 aliphatic heterocycles. The van der Waals surface area contributed by atoms with Crippen molar-refractivity contribution in [2.45, 2.75) is 23.3 Å². The normalized spacial score (nSPS) is 19.3. The number of carbonyl (C=O) groups is 3. The van der Waals surface area contributed by atoms with E-state index in [9.17, 15) is 14.4 Å². The Kier molecular flexibility index (Phi) is 10.1. The minimum Gasteiger partial charge on any atom is -0.454 e. The van der Waals surface area contributed by atoms with Crippen LogP contribution in [-0.2, 0) is 9.59 Å². The molecule has 1 spiro atoms. The Morgan fingerprint density at radius 2 is 1.74 bits per heavy atom. The van der Waals surface area contributed by atoms with Crippen LogP contribution in [0.3, 0.4) is 0 Å². The molecule has 6 rings (SSSR count). The number of benzene rings is 2. The third kappa shape index (κ3) is 7.88. The SMILES string of the molecule is CN1CC2(CCC(=O)N2)C1.CN1CCN(c2ccc3c(c2)OCO3)CC1.O=CCSc1ccc(C=O)cc1Cl. The Balaban J connectivity index is 0.000000140. The minimum atomic E-state index is 0.186. The highest BCUT2D eigenvalue weighted by Gasteiger charge is 2.45. The van der Waals surface area contributed by atoms with Gasteiger partial charge in [0.25, 0.3) is 0 Å². The van der Waals surface area contributed by atoms with E-state index in [2.05, 4.69) is 46.2 Å². The van der Waals surface area contributed by atoms with Crippen molar-refractivity contribution < 1.29 is 23.9 Å². The van der Waals surface area contributed by atoms with Crippen molar-refractivity contribution in [2.24, 2.45) is 0 Å². The van der Waals surface area contributed by atoms with E-state index in [1.165, 1.54) is 17.4 Å². The Labute approximate surface area is 238 Å². The summed E-state index contributed by atoms with van der Waals surface area (Å²) < 4.78 is 10.7. The quantitative estimate of drug-likeness (QED) is 0.427. The third-order valence-corrected chi connectivity index (χ3v) is 8.40. The Morgan fingerprint density at radius 3 is 2.36 bits per heavy atom. The number of aldehydes is 2. The Hall–Kier alpha value is -2.79. The lowest BCUT2D eigenvalue weighted by Crippen LogP contribution is -2.65. The average Bonchev–Trinajstić information content (AvgIpc) is 3.55. The van der Waals surface area contributed by atoms with Crippen molar-refractivity contribution in [1.29, 1.82) is 0 Å². The first-order valence-corrected chi connectivity index (χ1v) is 14.3. The van der Waals surface area contributed by atoms with E-state index < -0.39 is 0 Å². The van der Waals surface area contributed by atoms with E-state index in [1.54, 1.807) is 18.2 Å². The largest absolute Gasteiger partial charge is 0.454 e. The molecule has 4 heterocycles. The molecule has 0 unspecified atom stereocenters. The average molecular weight is 575 g/mol. The molecule has 9 nitrogen and oxygen atoms in total. The zero-order chi connectivity index (χ0) is 27.8. The molecule has 2 aromatic rings. The lowest BCUT2D eigenvalue weighted by molar-refractivity contribution is -0.120. The van der Waals surface area contributed by atoms with Crippen LogP contribution in [0.5, 0.6) is 11.5 Å². The molecule has 11 heteroatoms. The summed E-state index contributed by atoms with van der Waals surface area (Å²) in [5.74, 6) is 2.34. The lowest BCUT2D eigenvalue weighted by Gasteiger charge is -2.45. The Bertz CT molecular complexity index is 1170. The molecule has 210 valence electrons. The molecule has 3 fully saturated rings. The molecule has 3 saturated heterocycles. The van der Waals surface area contributed by atoms with Crippen molar-refractivity contribution in [3.8, 4) is 11.5 Å². The molecule has 0 radical (unpaired) electrons. The number of likely N-dealkylation sites (tertiary alicyclic amines) is 1. The van der Waals surface area contributed by atoms with Crippen molar-refractivity contribution in [3.05, 3.63) is 47.0 Å². The molecule has 1 amide bonds. The van der Waals surface area contributed by atoms with E-state index in [0.29, 0.717) is 23.1 Å². The number of carbonyl (C=O) groups excluding carboxylic acids is 3. The van der Waals surface area contributed by atoms with E-state index in [1.807, 2.05) is 6.07 Å². The predicted molar refractivity (Wildman–Crippen MR) is 154 cm³/mol. The maximum absolute atomic E-state index is 10.8. The fourth-order valence-electron chi connectivity index (χ4n) is 4.98. The number of ether oxygens (including phenoxy) is 2. The maximum atomic E-state index is 10.8. The molecule has 0 aromatic heterocycles. The molecule has 0 saturated carbocycles. The fourth-order valence-corrected chi connectivity index (χ4v) is 5.94. The first kappa shape index (κ1) is 29.2. The van der Waals surface area contributed by atoms with Gasteiger partial charge in [0.1, 0.15) is 12.6 Å². The topological polar surface area (TPSA) is 91.4 Å². The van der Waals surface area contributed by atoms with Gasteiger partial charge in [-0.3, -0.25) is 9.59 Å². The summed E-state index contributed by atoms with van der Waals surface area (Å²) >= 11 is 7.20. The number of hydrogen-bond donors (Lipinski definition) is 1. The second-order valence-corrected chi connectivity index (χ2v) is 11.6. The van der Waals surface area contributed by atoms with E-state index >= 15 is 0 Å². The molecule has 0 atom stereocenters. The van der Waals surface area contributed by atoms with Crippen LogP contribution >= 0.6 is 23.4 Å². The highest BCUT2D eigenvalue weighted by atomic mass is 35.5. The number of likely N-dealkylation sites (N-methyl/N-ethyl adjacent to an activating group) is 2. The summed E-state index contributed by atoms with van der Waals surface area (Å²) in [6, 6.07) is 11.2. The molecule has 4 aliphatic rings. The second-order valence-electron chi connectivity index (χ2n) is 10.1. The Morgan fingerprint density at radius 1 is 1.00 bits per heavy atom. The van der Waals surface area contributed by atoms with Crippen LogP contribution in [0, 0.1) is 0 Å². The van der Waals surface area contributed by atoms with Crippen molar-refractivity contribution >= 4 is 47.5 Å². The molecule has 2 aromatic carbocycles. The van der Waals surface area contributed by atoms with Gasteiger partial charge in [-0.15, -0.1) is 11.8 Å². The summed E-state index contributed by atoms with van der Waals surface area (Å²) in [7, 11) is 4.24. The summed E-state index contributed by atoms with van der Waals surface area (Å²) in [5, 5.41) is 3.53. The summed E-state index contributed by atoms with van der Waals surface area (Å²) in [4.78, 5) is 39.1. The van der Waals surface area contributed by atoms with Crippen LogP contribution in [0.2, 0.25) is 5.02 Å². The van der Waals surface area contributed by atoms with Gasteiger partial charge in [0, 0.05) is 67.9 Å². The zero-order valence-corrected chi connectivity index (χ0v) is 23.9. The number of nitrogens with zero attached hydrogens (tertiary/aromatic N) is 3. The minimum absolute atomic E-state index is 0.186. The van der Waals surface area contributed by atoms with Crippen molar-refractivity contribution in [1.82, 2.24) is 15.1 Å². The predicted octanol–water partition coefficient (Wildman–Crippen LogP) is 3.19. The number of piperazine rings is 1. The standard InChI is InChI=1S/C12H16N2O2.C9H7ClO2S.C7H12N2O/c1-13-4-6-14(7-5-13)10-2-3-11-12(8-10)16-9-15-11;10-8-5-7(6-12)1-2-9(8)13-4-3-11;1-9-4-7(5-9)3-2-6(10)8-7/h2-3,8H,4-7,9H2,1H3;1-3,5-6H,4H2;2-5H2,1H3,(H,8,10).